The van der Waals surface area contributed by atoms with Crippen LogP contribution in [-0.2, 0) is 9.53 Å². The molecule has 0 aromatic heterocycles. The molecule has 2 aliphatic rings. The fourth-order valence-electron chi connectivity index (χ4n) is 2.72. The standard InChI is InChI=1S/C13H23N3O2S/c14-12(19)8-16-5-3-11(4-6-16)15-13(17)10-2-1-7-18-9-10/h10-11H,1-9H2,(H2,14,19)(H,15,17). The van der Waals surface area contributed by atoms with Gasteiger partial charge in [0.15, 0.2) is 0 Å². The molecule has 0 spiro atoms. The summed E-state index contributed by atoms with van der Waals surface area (Å²) in [6.07, 6.45) is 3.89. The van der Waals surface area contributed by atoms with Crippen LogP contribution in [0.1, 0.15) is 25.7 Å². The zero-order valence-electron chi connectivity index (χ0n) is 11.3. The monoisotopic (exact) mass is 285 g/mol. The van der Waals surface area contributed by atoms with Gasteiger partial charge in [-0.3, -0.25) is 9.69 Å². The van der Waals surface area contributed by atoms with Crippen molar-refractivity contribution >= 4 is 23.1 Å². The number of rotatable bonds is 4. The minimum atomic E-state index is 0.0448. The number of carbonyl (C=O) groups is 1. The van der Waals surface area contributed by atoms with Gasteiger partial charge in [0.05, 0.1) is 17.5 Å². The molecular weight excluding hydrogens is 262 g/mol. The summed E-state index contributed by atoms with van der Waals surface area (Å²) in [5.41, 5.74) is 5.54. The van der Waals surface area contributed by atoms with E-state index in [0.717, 1.165) is 45.4 Å². The second kappa shape index (κ2) is 7.17. The lowest BCUT2D eigenvalue weighted by atomic mass is 9.99. The largest absolute Gasteiger partial charge is 0.392 e. The molecule has 2 rings (SSSR count). The predicted octanol–water partition coefficient (Wildman–Crippen LogP) is 0.280. The number of hydrogen-bond donors (Lipinski definition) is 2. The average Bonchev–Trinajstić information content (AvgIpc) is 2.41. The highest BCUT2D eigenvalue weighted by molar-refractivity contribution is 7.80. The summed E-state index contributed by atoms with van der Waals surface area (Å²) in [6, 6.07) is 0.289. The van der Waals surface area contributed by atoms with Gasteiger partial charge in [0.1, 0.15) is 0 Å². The van der Waals surface area contributed by atoms with Crippen molar-refractivity contribution in [3.63, 3.8) is 0 Å². The van der Waals surface area contributed by atoms with Crippen molar-refractivity contribution in [2.24, 2.45) is 11.7 Å². The van der Waals surface area contributed by atoms with E-state index in [1.165, 1.54) is 0 Å². The number of ether oxygens (including phenoxy) is 1. The molecule has 0 saturated carbocycles. The van der Waals surface area contributed by atoms with Crippen LogP contribution in [0.4, 0.5) is 0 Å². The second-order valence-electron chi connectivity index (χ2n) is 5.44. The molecule has 1 amide bonds. The van der Waals surface area contributed by atoms with E-state index >= 15 is 0 Å². The highest BCUT2D eigenvalue weighted by Gasteiger charge is 2.26. The number of hydrogen-bond acceptors (Lipinski definition) is 4. The fourth-order valence-corrected chi connectivity index (χ4v) is 2.90. The van der Waals surface area contributed by atoms with Crippen molar-refractivity contribution in [2.75, 3.05) is 32.8 Å². The van der Waals surface area contributed by atoms with Gasteiger partial charge in [-0.25, -0.2) is 0 Å². The molecule has 1 atom stereocenters. The van der Waals surface area contributed by atoms with Crippen molar-refractivity contribution in [1.82, 2.24) is 10.2 Å². The number of amides is 1. The molecule has 19 heavy (non-hydrogen) atoms. The Balaban J connectivity index is 1.69. The Hall–Kier alpha value is -0.720. The summed E-state index contributed by atoms with van der Waals surface area (Å²) in [4.78, 5) is 14.9. The first-order chi connectivity index (χ1) is 9.15. The van der Waals surface area contributed by atoms with Crippen molar-refractivity contribution < 1.29 is 9.53 Å². The maximum absolute atomic E-state index is 12.1. The minimum Gasteiger partial charge on any atom is -0.392 e. The number of nitrogens with one attached hydrogen (secondary N) is 1. The van der Waals surface area contributed by atoms with E-state index in [9.17, 15) is 4.79 Å². The maximum atomic E-state index is 12.1. The summed E-state index contributed by atoms with van der Waals surface area (Å²) in [6.45, 7) is 3.95. The van der Waals surface area contributed by atoms with Crippen LogP contribution in [0.15, 0.2) is 0 Å². The van der Waals surface area contributed by atoms with Crippen LogP contribution >= 0.6 is 12.2 Å². The lowest BCUT2D eigenvalue weighted by Crippen LogP contribution is -2.48. The van der Waals surface area contributed by atoms with E-state index in [0.29, 0.717) is 18.1 Å². The van der Waals surface area contributed by atoms with Crippen LogP contribution in [0, 0.1) is 5.92 Å². The molecule has 0 aromatic rings. The summed E-state index contributed by atoms with van der Waals surface area (Å²) >= 11 is 4.91. The molecular formula is C13H23N3O2S. The fraction of sp³-hybridized carbons (Fsp3) is 0.846. The van der Waals surface area contributed by atoms with E-state index in [1.807, 2.05) is 0 Å². The van der Waals surface area contributed by atoms with Crippen molar-refractivity contribution in [3.8, 4) is 0 Å². The highest BCUT2D eigenvalue weighted by Crippen LogP contribution is 2.16. The van der Waals surface area contributed by atoms with E-state index in [4.69, 9.17) is 22.7 Å². The Kier molecular flexibility index (Phi) is 5.54. The Morgan fingerprint density at radius 2 is 2.11 bits per heavy atom. The topological polar surface area (TPSA) is 67.6 Å². The van der Waals surface area contributed by atoms with Crippen LogP contribution < -0.4 is 11.1 Å². The molecule has 0 aromatic carbocycles. The van der Waals surface area contributed by atoms with E-state index < -0.39 is 0 Å². The van der Waals surface area contributed by atoms with Gasteiger partial charge in [-0.2, -0.15) is 0 Å². The van der Waals surface area contributed by atoms with Crippen LogP contribution in [0.25, 0.3) is 0 Å². The van der Waals surface area contributed by atoms with Gasteiger partial charge in [0.2, 0.25) is 5.91 Å². The van der Waals surface area contributed by atoms with Gasteiger partial charge in [0.25, 0.3) is 0 Å². The summed E-state index contributed by atoms with van der Waals surface area (Å²) in [5.74, 6) is 0.205. The Bertz CT molecular complexity index is 324. The van der Waals surface area contributed by atoms with Crippen LogP contribution in [0.3, 0.4) is 0 Å². The molecule has 108 valence electrons. The Morgan fingerprint density at radius 3 is 2.68 bits per heavy atom. The summed E-state index contributed by atoms with van der Waals surface area (Å²) in [5, 5.41) is 3.15. The first-order valence-corrected chi connectivity index (χ1v) is 7.45. The van der Waals surface area contributed by atoms with Crippen LogP contribution in [0.2, 0.25) is 0 Å². The molecule has 2 saturated heterocycles. The van der Waals surface area contributed by atoms with Crippen molar-refractivity contribution in [2.45, 2.75) is 31.7 Å². The minimum absolute atomic E-state index is 0.0448. The smallest absolute Gasteiger partial charge is 0.225 e. The molecule has 2 heterocycles. The highest BCUT2D eigenvalue weighted by atomic mass is 32.1. The third kappa shape index (κ3) is 4.71. The van der Waals surface area contributed by atoms with Crippen LogP contribution in [-0.4, -0.2) is 54.7 Å². The third-order valence-electron chi connectivity index (χ3n) is 3.84. The Morgan fingerprint density at radius 1 is 1.37 bits per heavy atom. The number of piperidine rings is 1. The second-order valence-corrected chi connectivity index (χ2v) is 5.96. The summed E-state index contributed by atoms with van der Waals surface area (Å²) < 4.78 is 5.36. The van der Waals surface area contributed by atoms with Gasteiger partial charge in [-0.1, -0.05) is 12.2 Å². The number of nitrogens with two attached hydrogens (primary N) is 1. The number of carbonyl (C=O) groups excluding carboxylic acids is 1. The summed E-state index contributed by atoms with van der Waals surface area (Å²) in [7, 11) is 0. The maximum Gasteiger partial charge on any atom is 0.225 e. The molecule has 6 heteroatoms. The zero-order valence-corrected chi connectivity index (χ0v) is 12.1. The molecule has 3 N–H and O–H groups in total. The molecule has 0 radical (unpaired) electrons. The van der Waals surface area contributed by atoms with Gasteiger partial charge >= 0.3 is 0 Å². The molecule has 5 nitrogen and oxygen atoms in total. The lowest BCUT2D eigenvalue weighted by molar-refractivity contribution is -0.130. The molecule has 0 bridgehead atoms. The van der Waals surface area contributed by atoms with Gasteiger partial charge < -0.3 is 15.8 Å². The normalized spacial score (nSPS) is 26.0. The van der Waals surface area contributed by atoms with Gasteiger partial charge in [-0.15, -0.1) is 0 Å². The van der Waals surface area contributed by atoms with E-state index in [-0.39, 0.29) is 17.9 Å². The first kappa shape index (κ1) is 14.7. The van der Waals surface area contributed by atoms with Gasteiger partial charge in [0, 0.05) is 32.3 Å². The molecule has 2 fully saturated rings. The first-order valence-electron chi connectivity index (χ1n) is 7.04. The molecule has 0 aliphatic carbocycles. The van der Waals surface area contributed by atoms with E-state index in [1.54, 1.807) is 0 Å². The quantitative estimate of drug-likeness (QED) is 0.726. The van der Waals surface area contributed by atoms with E-state index in [2.05, 4.69) is 10.2 Å². The van der Waals surface area contributed by atoms with Gasteiger partial charge in [-0.05, 0) is 25.7 Å². The number of likely N-dealkylation sites (tertiary alicyclic amines) is 1. The number of thiocarbonyl (C=S) groups is 1. The third-order valence-corrected chi connectivity index (χ3v) is 3.97. The van der Waals surface area contributed by atoms with Crippen molar-refractivity contribution in [1.29, 1.82) is 0 Å². The zero-order chi connectivity index (χ0) is 13.7. The lowest BCUT2D eigenvalue weighted by Gasteiger charge is -2.33. The molecule has 2 aliphatic heterocycles. The predicted molar refractivity (Wildman–Crippen MR) is 77.9 cm³/mol. The Labute approximate surface area is 119 Å². The SMILES string of the molecule is NC(=S)CN1CCC(NC(=O)C2CCCOC2)CC1. The van der Waals surface area contributed by atoms with Crippen molar-refractivity contribution in [3.05, 3.63) is 0 Å². The molecule has 1 unspecified atom stereocenters. The number of nitrogens with zero attached hydrogens (tertiary/aromatic N) is 1. The average molecular weight is 285 g/mol. The van der Waals surface area contributed by atoms with Crippen LogP contribution in [0.5, 0.6) is 0 Å².